The van der Waals surface area contributed by atoms with Gasteiger partial charge in [-0.15, -0.1) is 0 Å². The van der Waals surface area contributed by atoms with E-state index in [2.05, 4.69) is 24.4 Å². The Kier molecular flexibility index (Phi) is 3.69. The smallest absolute Gasteiger partial charge is 0.00462 e. The number of hydrogen-bond donors (Lipinski definition) is 1. The van der Waals surface area contributed by atoms with Gasteiger partial charge in [-0.2, -0.15) is 0 Å². The molecule has 98 valence electrons. The first-order chi connectivity index (χ1) is 8.84. The minimum Gasteiger partial charge on any atom is -0.317 e. The van der Waals surface area contributed by atoms with Crippen LogP contribution < -0.4 is 5.32 Å². The van der Waals surface area contributed by atoms with Crippen LogP contribution in [0.15, 0.2) is 12.1 Å². The van der Waals surface area contributed by atoms with Crippen LogP contribution in [0.5, 0.6) is 0 Å². The maximum Gasteiger partial charge on any atom is -0.00462 e. The third-order valence-electron chi connectivity index (χ3n) is 4.83. The number of aryl methyl sites for hydroxylation is 1. The van der Waals surface area contributed by atoms with Gasteiger partial charge in [0, 0.05) is 0 Å². The summed E-state index contributed by atoms with van der Waals surface area (Å²) in [4.78, 5) is 0. The third-order valence-corrected chi connectivity index (χ3v) is 4.83. The van der Waals surface area contributed by atoms with Crippen molar-refractivity contribution in [1.29, 1.82) is 0 Å². The molecule has 1 aromatic rings. The number of hydrogen-bond acceptors (Lipinski definition) is 1. The molecule has 2 aliphatic rings. The minimum atomic E-state index is 0.917. The number of fused-ring (bicyclic) bond motifs is 1. The number of rotatable bonds is 2. The molecule has 1 heteroatoms. The fourth-order valence-corrected chi connectivity index (χ4v) is 3.71. The van der Waals surface area contributed by atoms with E-state index in [4.69, 9.17) is 0 Å². The molecule has 1 N–H and O–H groups in total. The van der Waals surface area contributed by atoms with E-state index >= 15 is 0 Å². The molecule has 0 unspecified atom stereocenters. The molecule has 3 rings (SSSR count). The fraction of sp³-hybridized carbons (Fsp3) is 0.647. The largest absolute Gasteiger partial charge is 0.317 e. The van der Waals surface area contributed by atoms with Crippen LogP contribution >= 0.6 is 0 Å². The van der Waals surface area contributed by atoms with Crippen LogP contribution in [-0.2, 0) is 19.3 Å². The molecule has 1 nitrogen and oxygen atoms in total. The van der Waals surface area contributed by atoms with E-state index in [1.165, 1.54) is 63.6 Å². The molecule has 1 saturated heterocycles. The zero-order valence-electron chi connectivity index (χ0n) is 11.6. The number of benzene rings is 1. The normalized spacial score (nSPS) is 20.7. The molecule has 0 aromatic heterocycles. The van der Waals surface area contributed by atoms with Crippen molar-refractivity contribution in [2.75, 3.05) is 13.1 Å². The van der Waals surface area contributed by atoms with E-state index in [1.807, 2.05) is 0 Å². The average molecular weight is 243 g/mol. The Morgan fingerprint density at radius 2 is 1.78 bits per heavy atom. The van der Waals surface area contributed by atoms with Crippen molar-refractivity contribution in [2.24, 2.45) is 5.92 Å². The topological polar surface area (TPSA) is 12.0 Å². The van der Waals surface area contributed by atoms with Crippen LogP contribution in [0.2, 0.25) is 0 Å². The summed E-state index contributed by atoms with van der Waals surface area (Å²) in [6.07, 6.45) is 9.49. The highest BCUT2D eigenvalue weighted by Crippen LogP contribution is 2.30. The molecule has 18 heavy (non-hydrogen) atoms. The van der Waals surface area contributed by atoms with Crippen molar-refractivity contribution in [3.05, 3.63) is 34.4 Å². The van der Waals surface area contributed by atoms with Crippen LogP contribution in [0, 0.1) is 12.8 Å². The van der Waals surface area contributed by atoms with E-state index in [1.54, 1.807) is 16.7 Å². The van der Waals surface area contributed by atoms with Crippen molar-refractivity contribution in [1.82, 2.24) is 5.32 Å². The summed E-state index contributed by atoms with van der Waals surface area (Å²) in [5, 5.41) is 3.47. The monoisotopic (exact) mass is 243 g/mol. The Morgan fingerprint density at radius 3 is 2.56 bits per heavy atom. The minimum absolute atomic E-state index is 0.917. The number of piperidine rings is 1. The van der Waals surface area contributed by atoms with E-state index in [0.29, 0.717) is 0 Å². The summed E-state index contributed by atoms with van der Waals surface area (Å²) in [7, 11) is 0. The van der Waals surface area contributed by atoms with Gasteiger partial charge in [-0.3, -0.25) is 0 Å². The van der Waals surface area contributed by atoms with Gasteiger partial charge in [0.25, 0.3) is 0 Å². The van der Waals surface area contributed by atoms with Crippen molar-refractivity contribution in [2.45, 2.75) is 51.9 Å². The number of nitrogens with one attached hydrogen (secondary N) is 1. The molecule has 1 fully saturated rings. The van der Waals surface area contributed by atoms with Gasteiger partial charge in [-0.05, 0) is 93.1 Å². The second-order valence-corrected chi connectivity index (χ2v) is 6.10. The molecule has 0 saturated carbocycles. The molecule has 0 spiro atoms. The second kappa shape index (κ2) is 5.44. The first kappa shape index (κ1) is 12.2. The van der Waals surface area contributed by atoms with Gasteiger partial charge >= 0.3 is 0 Å². The van der Waals surface area contributed by atoms with Crippen molar-refractivity contribution in [3.8, 4) is 0 Å². The Bertz CT molecular complexity index is 416. The lowest BCUT2D eigenvalue weighted by atomic mass is 9.81. The molecule has 1 aliphatic heterocycles. The predicted octanol–water partition coefficient (Wildman–Crippen LogP) is 3.42. The Hall–Kier alpha value is -0.820. The first-order valence-corrected chi connectivity index (χ1v) is 7.65. The van der Waals surface area contributed by atoms with Crippen LogP contribution in [0.1, 0.15) is 47.9 Å². The highest BCUT2D eigenvalue weighted by atomic mass is 14.9. The van der Waals surface area contributed by atoms with E-state index in [0.717, 1.165) is 5.92 Å². The van der Waals surface area contributed by atoms with Crippen molar-refractivity contribution < 1.29 is 0 Å². The molecule has 0 radical (unpaired) electrons. The molecule has 1 aromatic carbocycles. The fourth-order valence-electron chi connectivity index (χ4n) is 3.71. The SMILES string of the molecule is Cc1ccc(CC2CCNCC2)c2c1CCCC2. The molecule has 1 aliphatic carbocycles. The Labute approximate surface area is 111 Å². The highest BCUT2D eigenvalue weighted by molar-refractivity contribution is 5.42. The maximum atomic E-state index is 3.47. The molecule has 0 bridgehead atoms. The standard InChI is InChI=1S/C17H25N/c1-13-6-7-15(12-14-8-10-18-11-9-14)17-5-3-2-4-16(13)17/h6-7,14,18H,2-5,8-12H2,1H3. The average Bonchev–Trinajstić information content (AvgIpc) is 2.44. The van der Waals surface area contributed by atoms with E-state index in [9.17, 15) is 0 Å². The summed E-state index contributed by atoms with van der Waals surface area (Å²) in [5.41, 5.74) is 6.61. The third kappa shape index (κ3) is 2.47. The first-order valence-electron chi connectivity index (χ1n) is 7.65. The summed E-state index contributed by atoms with van der Waals surface area (Å²) in [6, 6.07) is 4.78. The highest BCUT2D eigenvalue weighted by Gasteiger charge is 2.19. The van der Waals surface area contributed by atoms with Gasteiger partial charge in [-0.25, -0.2) is 0 Å². The summed E-state index contributed by atoms with van der Waals surface area (Å²) < 4.78 is 0. The van der Waals surface area contributed by atoms with Crippen LogP contribution in [-0.4, -0.2) is 13.1 Å². The second-order valence-electron chi connectivity index (χ2n) is 6.10. The molecule has 1 heterocycles. The van der Waals surface area contributed by atoms with Crippen LogP contribution in [0.3, 0.4) is 0 Å². The summed E-state index contributed by atoms with van der Waals surface area (Å²) >= 11 is 0. The zero-order valence-corrected chi connectivity index (χ0v) is 11.6. The molecule has 0 atom stereocenters. The lowest BCUT2D eigenvalue weighted by Gasteiger charge is -2.26. The van der Waals surface area contributed by atoms with Gasteiger partial charge in [-0.1, -0.05) is 12.1 Å². The van der Waals surface area contributed by atoms with E-state index < -0.39 is 0 Å². The van der Waals surface area contributed by atoms with Gasteiger partial charge < -0.3 is 5.32 Å². The molecular weight excluding hydrogens is 218 g/mol. The predicted molar refractivity (Wildman–Crippen MR) is 77.1 cm³/mol. The van der Waals surface area contributed by atoms with Gasteiger partial charge in [0.2, 0.25) is 0 Å². The molecule has 0 amide bonds. The zero-order chi connectivity index (χ0) is 12.4. The lowest BCUT2D eigenvalue weighted by Crippen LogP contribution is -2.29. The lowest BCUT2D eigenvalue weighted by molar-refractivity contribution is 0.371. The quantitative estimate of drug-likeness (QED) is 0.839. The molecular formula is C17H25N. The summed E-state index contributed by atoms with van der Waals surface area (Å²) in [6.45, 7) is 4.73. The van der Waals surface area contributed by atoms with Crippen LogP contribution in [0.4, 0.5) is 0 Å². The van der Waals surface area contributed by atoms with Crippen LogP contribution in [0.25, 0.3) is 0 Å². The van der Waals surface area contributed by atoms with Gasteiger partial charge in [0.05, 0.1) is 0 Å². The summed E-state index contributed by atoms with van der Waals surface area (Å²) in [5.74, 6) is 0.917. The van der Waals surface area contributed by atoms with Crippen molar-refractivity contribution in [3.63, 3.8) is 0 Å². The van der Waals surface area contributed by atoms with Gasteiger partial charge in [0.1, 0.15) is 0 Å². The Balaban J connectivity index is 1.82. The van der Waals surface area contributed by atoms with Crippen molar-refractivity contribution >= 4 is 0 Å². The van der Waals surface area contributed by atoms with E-state index in [-0.39, 0.29) is 0 Å². The maximum absolute atomic E-state index is 3.47. The van der Waals surface area contributed by atoms with Gasteiger partial charge in [0.15, 0.2) is 0 Å². The Morgan fingerprint density at radius 1 is 1.06 bits per heavy atom.